The Morgan fingerprint density at radius 2 is 1.96 bits per heavy atom. The molecule has 132 valence electrons. The summed E-state index contributed by atoms with van der Waals surface area (Å²) in [5.41, 5.74) is 1.49. The van der Waals surface area contributed by atoms with Gasteiger partial charge in [0.05, 0.1) is 6.61 Å². The lowest BCUT2D eigenvalue weighted by Gasteiger charge is -2.34. The maximum atomic E-state index is 10.3. The predicted molar refractivity (Wildman–Crippen MR) is 98.2 cm³/mol. The van der Waals surface area contributed by atoms with Crippen molar-refractivity contribution < 1.29 is 9.84 Å². The molecule has 1 aromatic carbocycles. The highest BCUT2D eigenvalue weighted by Crippen LogP contribution is 2.40. The molecule has 1 aromatic rings. The number of hydrogen-bond acceptors (Lipinski definition) is 4. The zero-order chi connectivity index (χ0) is 14.7. The standard InChI is InChI=1S/C17H26N2O2.2ClH/c1-2-21-15-5-3-4-14(16(15)20)12-19-11-8-17(13-19)6-9-18-10-7-17;;/h3-5,18,20H,2,6-13H2,1H3;2*1H. The number of ether oxygens (including phenoxy) is 1. The molecule has 2 aliphatic heterocycles. The van der Waals surface area contributed by atoms with Crippen molar-refractivity contribution in [2.24, 2.45) is 5.41 Å². The van der Waals surface area contributed by atoms with E-state index in [9.17, 15) is 5.11 Å². The van der Waals surface area contributed by atoms with Crippen LogP contribution in [-0.2, 0) is 6.54 Å². The highest BCUT2D eigenvalue weighted by atomic mass is 35.5. The smallest absolute Gasteiger partial charge is 0.162 e. The summed E-state index contributed by atoms with van der Waals surface area (Å²) in [6, 6.07) is 5.81. The summed E-state index contributed by atoms with van der Waals surface area (Å²) in [6.45, 7) is 7.94. The molecule has 0 aliphatic carbocycles. The number of piperidine rings is 1. The minimum atomic E-state index is 0. The SMILES string of the molecule is CCOc1cccc(CN2CCC3(CCNCC3)C2)c1O.Cl.Cl. The minimum Gasteiger partial charge on any atom is -0.504 e. The lowest BCUT2D eigenvalue weighted by molar-refractivity contribution is 0.193. The van der Waals surface area contributed by atoms with Crippen molar-refractivity contribution in [3.63, 3.8) is 0 Å². The molecular weight excluding hydrogens is 335 g/mol. The van der Waals surface area contributed by atoms with Gasteiger partial charge in [-0.3, -0.25) is 4.90 Å². The Hall–Kier alpha value is -0.680. The molecule has 4 nitrogen and oxygen atoms in total. The van der Waals surface area contributed by atoms with Crippen LogP contribution < -0.4 is 10.1 Å². The summed E-state index contributed by atoms with van der Waals surface area (Å²) in [5.74, 6) is 0.913. The second kappa shape index (κ2) is 8.97. The van der Waals surface area contributed by atoms with Gasteiger partial charge in [-0.1, -0.05) is 12.1 Å². The molecule has 0 bridgehead atoms. The van der Waals surface area contributed by atoms with E-state index < -0.39 is 0 Å². The van der Waals surface area contributed by atoms with E-state index >= 15 is 0 Å². The maximum Gasteiger partial charge on any atom is 0.162 e. The molecule has 6 heteroatoms. The number of para-hydroxylation sites is 1. The van der Waals surface area contributed by atoms with E-state index in [0.29, 0.717) is 23.5 Å². The molecule has 2 N–H and O–H groups in total. The Bertz CT molecular complexity index is 493. The molecule has 0 saturated carbocycles. The van der Waals surface area contributed by atoms with E-state index in [1.807, 2.05) is 25.1 Å². The van der Waals surface area contributed by atoms with Crippen molar-refractivity contribution in [2.75, 3.05) is 32.8 Å². The molecule has 23 heavy (non-hydrogen) atoms. The monoisotopic (exact) mass is 362 g/mol. The average molecular weight is 363 g/mol. The fraction of sp³-hybridized carbons (Fsp3) is 0.647. The van der Waals surface area contributed by atoms with Gasteiger partial charge in [-0.15, -0.1) is 24.8 Å². The lowest BCUT2D eigenvalue weighted by atomic mass is 9.78. The van der Waals surface area contributed by atoms with E-state index in [-0.39, 0.29) is 24.8 Å². The van der Waals surface area contributed by atoms with Crippen molar-refractivity contribution in [1.82, 2.24) is 10.2 Å². The van der Waals surface area contributed by atoms with Crippen molar-refractivity contribution in [3.05, 3.63) is 23.8 Å². The van der Waals surface area contributed by atoms with Gasteiger partial charge in [0.15, 0.2) is 11.5 Å². The number of nitrogens with one attached hydrogen (secondary N) is 1. The first kappa shape index (κ1) is 20.4. The molecule has 0 radical (unpaired) electrons. The molecule has 0 amide bonds. The summed E-state index contributed by atoms with van der Waals surface area (Å²) in [5, 5.41) is 13.8. The van der Waals surface area contributed by atoms with Crippen LogP contribution in [0.25, 0.3) is 0 Å². The second-order valence-electron chi connectivity index (χ2n) is 6.41. The van der Waals surface area contributed by atoms with Gasteiger partial charge in [0, 0.05) is 18.7 Å². The zero-order valence-corrected chi connectivity index (χ0v) is 15.3. The van der Waals surface area contributed by atoms with Gasteiger partial charge >= 0.3 is 0 Å². The lowest BCUT2D eigenvalue weighted by Crippen LogP contribution is -2.38. The van der Waals surface area contributed by atoms with E-state index in [1.54, 1.807) is 0 Å². The van der Waals surface area contributed by atoms with Crippen LogP contribution in [0.5, 0.6) is 11.5 Å². The van der Waals surface area contributed by atoms with Gasteiger partial charge in [-0.05, 0) is 57.3 Å². The van der Waals surface area contributed by atoms with Gasteiger partial charge in [0.2, 0.25) is 0 Å². The van der Waals surface area contributed by atoms with Gasteiger partial charge in [-0.25, -0.2) is 0 Å². The number of benzene rings is 1. The number of phenols is 1. The first-order valence-electron chi connectivity index (χ1n) is 8.09. The molecule has 0 aromatic heterocycles. The topological polar surface area (TPSA) is 44.7 Å². The van der Waals surface area contributed by atoms with Crippen LogP contribution in [0.1, 0.15) is 31.7 Å². The number of hydrogen-bond donors (Lipinski definition) is 2. The van der Waals surface area contributed by atoms with Crippen molar-refractivity contribution in [3.8, 4) is 11.5 Å². The number of phenolic OH excluding ortho intramolecular Hbond substituents is 1. The first-order valence-corrected chi connectivity index (χ1v) is 8.09. The quantitative estimate of drug-likeness (QED) is 0.862. The first-order chi connectivity index (χ1) is 10.2. The summed E-state index contributed by atoms with van der Waals surface area (Å²) >= 11 is 0. The Morgan fingerprint density at radius 1 is 1.22 bits per heavy atom. The number of halogens is 2. The van der Waals surface area contributed by atoms with Crippen LogP contribution >= 0.6 is 24.8 Å². The normalized spacial score (nSPS) is 19.9. The molecule has 2 saturated heterocycles. The zero-order valence-electron chi connectivity index (χ0n) is 13.7. The van der Waals surface area contributed by atoms with Crippen LogP contribution in [0.2, 0.25) is 0 Å². The van der Waals surface area contributed by atoms with Crippen LogP contribution in [0, 0.1) is 5.41 Å². The van der Waals surface area contributed by atoms with Crippen LogP contribution in [0.15, 0.2) is 18.2 Å². The third-order valence-corrected chi connectivity index (χ3v) is 4.96. The number of likely N-dealkylation sites (tertiary alicyclic amines) is 1. The number of nitrogens with zero attached hydrogens (tertiary/aromatic N) is 1. The molecule has 0 atom stereocenters. The average Bonchev–Trinajstić information content (AvgIpc) is 2.87. The molecule has 2 heterocycles. The number of rotatable bonds is 4. The van der Waals surface area contributed by atoms with Crippen LogP contribution in [0.3, 0.4) is 0 Å². The maximum absolute atomic E-state index is 10.3. The highest BCUT2D eigenvalue weighted by Gasteiger charge is 2.38. The van der Waals surface area contributed by atoms with Crippen molar-refractivity contribution >= 4 is 24.8 Å². The fourth-order valence-electron chi connectivity index (χ4n) is 3.74. The third-order valence-electron chi connectivity index (χ3n) is 4.96. The third kappa shape index (κ3) is 4.66. The molecular formula is C17H28Cl2N2O2. The molecule has 0 unspecified atom stereocenters. The highest BCUT2D eigenvalue weighted by molar-refractivity contribution is 5.85. The summed E-state index contributed by atoms with van der Waals surface area (Å²) < 4.78 is 5.47. The fourth-order valence-corrected chi connectivity index (χ4v) is 3.74. The second-order valence-corrected chi connectivity index (χ2v) is 6.41. The largest absolute Gasteiger partial charge is 0.504 e. The summed E-state index contributed by atoms with van der Waals surface area (Å²) in [6.07, 6.45) is 3.86. The molecule has 1 spiro atoms. The Morgan fingerprint density at radius 3 is 2.65 bits per heavy atom. The van der Waals surface area contributed by atoms with Crippen LogP contribution in [0.4, 0.5) is 0 Å². The van der Waals surface area contributed by atoms with Gasteiger partial charge < -0.3 is 15.2 Å². The van der Waals surface area contributed by atoms with Gasteiger partial charge in [-0.2, -0.15) is 0 Å². The minimum absolute atomic E-state index is 0. The summed E-state index contributed by atoms with van der Waals surface area (Å²) in [7, 11) is 0. The molecule has 2 aliphatic rings. The predicted octanol–water partition coefficient (Wildman–Crippen LogP) is 3.21. The number of aromatic hydroxyl groups is 1. The van der Waals surface area contributed by atoms with Crippen molar-refractivity contribution in [1.29, 1.82) is 0 Å². The van der Waals surface area contributed by atoms with E-state index in [4.69, 9.17) is 4.74 Å². The Labute approximate surface area is 151 Å². The van der Waals surface area contributed by atoms with E-state index in [0.717, 1.165) is 38.3 Å². The summed E-state index contributed by atoms with van der Waals surface area (Å²) in [4.78, 5) is 2.48. The van der Waals surface area contributed by atoms with Gasteiger partial charge in [0.1, 0.15) is 0 Å². The van der Waals surface area contributed by atoms with Crippen LogP contribution in [-0.4, -0.2) is 42.8 Å². The van der Waals surface area contributed by atoms with Gasteiger partial charge in [0.25, 0.3) is 0 Å². The Kier molecular flexibility index (Phi) is 7.95. The van der Waals surface area contributed by atoms with E-state index in [2.05, 4.69) is 10.2 Å². The van der Waals surface area contributed by atoms with E-state index in [1.165, 1.54) is 19.3 Å². The molecule has 2 fully saturated rings. The molecule has 3 rings (SSSR count). The Balaban J connectivity index is 0.00000132. The van der Waals surface area contributed by atoms with Crippen molar-refractivity contribution in [2.45, 2.75) is 32.7 Å².